The Bertz CT molecular complexity index is 310. The lowest BCUT2D eigenvalue weighted by molar-refractivity contribution is 0.182. The van der Waals surface area contributed by atoms with Crippen molar-refractivity contribution >= 4 is 11.6 Å². The zero-order valence-electron chi connectivity index (χ0n) is 7.63. The number of benzene rings is 1. The second-order valence-corrected chi connectivity index (χ2v) is 3.16. The second-order valence-electron chi connectivity index (χ2n) is 2.76. The Hall–Kier alpha value is -0.840. The summed E-state index contributed by atoms with van der Waals surface area (Å²) in [4.78, 5) is 0. The molecule has 0 saturated heterocycles. The van der Waals surface area contributed by atoms with Crippen molar-refractivity contribution in [2.24, 2.45) is 5.73 Å². The van der Waals surface area contributed by atoms with Crippen LogP contribution in [0.5, 0.6) is 5.75 Å². The van der Waals surface area contributed by atoms with E-state index in [-0.39, 0.29) is 17.1 Å². The summed E-state index contributed by atoms with van der Waals surface area (Å²) >= 11 is 5.75. The SMILES string of the molecule is COc1cc(F)c(C(O)CN)c(Cl)c1. The fourth-order valence-corrected chi connectivity index (χ4v) is 1.44. The summed E-state index contributed by atoms with van der Waals surface area (Å²) in [7, 11) is 1.41. The molecule has 5 heteroatoms. The van der Waals surface area contributed by atoms with Gasteiger partial charge in [-0.2, -0.15) is 0 Å². The zero-order chi connectivity index (χ0) is 10.7. The van der Waals surface area contributed by atoms with Crippen molar-refractivity contribution in [1.82, 2.24) is 0 Å². The highest BCUT2D eigenvalue weighted by molar-refractivity contribution is 6.31. The largest absolute Gasteiger partial charge is 0.497 e. The van der Waals surface area contributed by atoms with E-state index >= 15 is 0 Å². The summed E-state index contributed by atoms with van der Waals surface area (Å²) in [5.74, 6) is -0.312. The smallest absolute Gasteiger partial charge is 0.134 e. The molecule has 14 heavy (non-hydrogen) atoms. The first-order valence-electron chi connectivity index (χ1n) is 4.01. The fraction of sp³-hybridized carbons (Fsp3) is 0.333. The molecular weight excluding hydrogens is 209 g/mol. The van der Waals surface area contributed by atoms with E-state index in [0.717, 1.165) is 6.07 Å². The minimum atomic E-state index is -1.09. The summed E-state index contributed by atoms with van der Waals surface area (Å²) < 4.78 is 18.2. The monoisotopic (exact) mass is 219 g/mol. The van der Waals surface area contributed by atoms with Crippen LogP contribution in [0.3, 0.4) is 0 Å². The molecule has 0 bridgehead atoms. The number of rotatable bonds is 3. The Morgan fingerprint density at radius 3 is 2.71 bits per heavy atom. The van der Waals surface area contributed by atoms with Crippen molar-refractivity contribution in [3.05, 3.63) is 28.5 Å². The van der Waals surface area contributed by atoms with Gasteiger partial charge in [0.05, 0.1) is 18.2 Å². The van der Waals surface area contributed by atoms with Crippen molar-refractivity contribution in [1.29, 1.82) is 0 Å². The van der Waals surface area contributed by atoms with Gasteiger partial charge in [-0.3, -0.25) is 0 Å². The van der Waals surface area contributed by atoms with Crippen LogP contribution in [-0.2, 0) is 0 Å². The number of nitrogens with two attached hydrogens (primary N) is 1. The first-order chi connectivity index (χ1) is 6.60. The standard InChI is InChI=1S/C9H11ClFNO2/c1-14-5-2-6(10)9(7(11)3-5)8(13)4-12/h2-3,8,13H,4,12H2,1H3. The lowest BCUT2D eigenvalue weighted by Crippen LogP contribution is -2.13. The van der Waals surface area contributed by atoms with Gasteiger partial charge in [0.2, 0.25) is 0 Å². The Morgan fingerprint density at radius 2 is 2.29 bits per heavy atom. The van der Waals surface area contributed by atoms with Crippen LogP contribution in [0.4, 0.5) is 4.39 Å². The molecule has 1 rings (SSSR count). The topological polar surface area (TPSA) is 55.5 Å². The molecule has 1 aromatic rings. The summed E-state index contributed by atoms with van der Waals surface area (Å²) in [5.41, 5.74) is 5.22. The van der Waals surface area contributed by atoms with Gasteiger partial charge in [0.25, 0.3) is 0 Å². The number of hydrogen-bond acceptors (Lipinski definition) is 3. The maximum absolute atomic E-state index is 13.4. The van der Waals surface area contributed by atoms with Crippen molar-refractivity contribution in [3.8, 4) is 5.75 Å². The lowest BCUT2D eigenvalue weighted by Gasteiger charge is -2.12. The Kier molecular flexibility index (Phi) is 3.69. The zero-order valence-corrected chi connectivity index (χ0v) is 8.38. The molecule has 0 amide bonds. The molecule has 0 saturated carbocycles. The van der Waals surface area contributed by atoms with Gasteiger partial charge in [-0.1, -0.05) is 11.6 Å². The molecule has 1 unspecified atom stereocenters. The number of hydrogen-bond donors (Lipinski definition) is 2. The second kappa shape index (κ2) is 4.59. The molecule has 78 valence electrons. The number of halogens is 2. The molecule has 0 spiro atoms. The summed E-state index contributed by atoms with van der Waals surface area (Å²) in [6.45, 7) is -0.0804. The van der Waals surface area contributed by atoms with E-state index in [2.05, 4.69) is 0 Å². The molecular formula is C9H11ClFNO2. The average Bonchev–Trinajstić information content (AvgIpc) is 2.16. The van der Waals surface area contributed by atoms with Crippen LogP contribution in [0, 0.1) is 5.82 Å². The van der Waals surface area contributed by atoms with Gasteiger partial charge < -0.3 is 15.6 Å². The van der Waals surface area contributed by atoms with Crippen LogP contribution >= 0.6 is 11.6 Å². The van der Waals surface area contributed by atoms with E-state index in [1.54, 1.807) is 0 Å². The van der Waals surface area contributed by atoms with Gasteiger partial charge in [0, 0.05) is 18.2 Å². The normalized spacial score (nSPS) is 12.6. The summed E-state index contributed by atoms with van der Waals surface area (Å²) in [6, 6.07) is 2.58. The highest BCUT2D eigenvalue weighted by Crippen LogP contribution is 2.29. The van der Waals surface area contributed by atoms with Crippen LogP contribution in [0.2, 0.25) is 5.02 Å². The minimum absolute atomic E-state index is 0.00923. The summed E-state index contributed by atoms with van der Waals surface area (Å²) in [5, 5.41) is 9.48. The molecule has 0 aliphatic rings. The van der Waals surface area contributed by atoms with E-state index in [0.29, 0.717) is 5.75 Å². The maximum atomic E-state index is 13.4. The number of aliphatic hydroxyl groups excluding tert-OH is 1. The Morgan fingerprint density at radius 1 is 1.64 bits per heavy atom. The van der Waals surface area contributed by atoms with Crippen molar-refractivity contribution in [3.63, 3.8) is 0 Å². The molecule has 0 aliphatic carbocycles. The first-order valence-corrected chi connectivity index (χ1v) is 4.39. The third-order valence-electron chi connectivity index (χ3n) is 1.84. The van der Waals surface area contributed by atoms with E-state index in [1.165, 1.54) is 13.2 Å². The predicted molar refractivity (Wildman–Crippen MR) is 52.0 cm³/mol. The third kappa shape index (κ3) is 2.15. The predicted octanol–water partition coefficient (Wildman–Crippen LogP) is 1.48. The minimum Gasteiger partial charge on any atom is -0.497 e. The third-order valence-corrected chi connectivity index (χ3v) is 2.16. The van der Waals surface area contributed by atoms with E-state index < -0.39 is 11.9 Å². The molecule has 0 heterocycles. The molecule has 0 fully saturated rings. The Balaban J connectivity index is 3.18. The van der Waals surface area contributed by atoms with Gasteiger partial charge >= 0.3 is 0 Å². The quantitative estimate of drug-likeness (QED) is 0.810. The van der Waals surface area contributed by atoms with E-state index in [1.807, 2.05) is 0 Å². The van der Waals surface area contributed by atoms with Crippen LogP contribution in [0.15, 0.2) is 12.1 Å². The van der Waals surface area contributed by atoms with Gasteiger partial charge in [-0.25, -0.2) is 4.39 Å². The van der Waals surface area contributed by atoms with E-state index in [4.69, 9.17) is 22.1 Å². The Labute approximate surface area is 86.2 Å². The molecule has 0 aromatic heterocycles. The van der Waals surface area contributed by atoms with Gasteiger partial charge in [0.1, 0.15) is 11.6 Å². The molecule has 3 N–H and O–H groups in total. The van der Waals surface area contributed by atoms with Crippen LogP contribution in [0.25, 0.3) is 0 Å². The lowest BCUT2D eigenvalue weighted by atomic mass is 10.1. The van der Waals surface area contributed by atoms with Crippen molar-refractivity contribution in [2.45, 2.75) is 6.10 Å². The number of aliphatic hydroxyl groups is 1. The first kappa shape index (κ1) is 11.2. The highest BCUT2D eigenvalue weighted by Gasteiger charge is 2.16. The van der Waals surface area contributed by atoms with Gasteiger partial charge in [-0.05, 0) is 6.07 Å². The van der Waals surface area contributed by atoms with Crippen molar-refractivity contribution < 1.29 is 14.2 Å². The number of methoxy groups -OCH3 is 1. The molecule has 1 aromatic carbocycles. The average molecular weight is 220 g/mol. The van der Waals surface area contributed by atoms with Crippen LogP contribution in [-0.4, -0.2) is 18.8 Å². The van der Waals surface area contributed by atoms with Gasteiger partial charge in [0.15, 0.2) is 0 Å². The maximum Gasteiger partial charge on any atom is 0.134 e. The molecule has 3 nitrogen and oxygen atoms in total. The van der Waals surface area contributed by atoms with Crippen LogP contribution in [0.1, 0.15) is 11.7 Å². The molecule has 1 atom stereocenters. The van der Waals surface area contributed by atoms with E-state index in [9.17, 15) is 9.50 Å². The molecule has 0 aliphatic heterocycles. The van der Waals surface area contributed by atoms with Crippen LogP contribution < -0.4 is 10.5 Å². The molecule has 0 radical (unpaired) electrons. The highest BCUT2D eigenvalue weighted by atomic mass is 35.5. The summed E-state index contributed by atoms with van der Waals surface area (Å²) in [6.07, 6.45) is -1.09. The van der Waals surface area contributed by atoms with Crippen molar-refractivity contribution in [2.75, 3.05) is 13.7 Å². The fourth-order valence-electron chi connectivity index (χ4n) is 1.12. The van der Waals surface area contributed by atoms with Gasteiger partial charge in [-0.15, -0.1) is 0 Å². The number of ether oxygens (including phenoxy) is 1.